The molecule has 0 aromatic carbocycles. The number of allylic oxidation sites excluding steroid dienone is 4. The molecule has 0 aromatic heterocycles. The molecule has 0 aromatic rings. The average molecular weight is 314 g/mol. The fourth-order valence-electron chi connectivity index (χ4n) is 6.89. The molecule has 0 bridgehead atoms. The first-order valence-corrected chi connectivity index (χ1v) is 9.43. The van der Waals surface area contributed by atoms with Crippen LogP contribution in [0.4, 0.5) is 0 Å². The summed E-state index contributed by atoms with van der Waals surface area (Å²) in [5.74, 6) is 1.85. The standard InChI is InChI=1S/C21H30O2/c1-14(22)21(23)13-10-18-16-8-7-15-6-4-5-11-19(15,2)17(16)9-12-20(18,21)3/h4,6-7,16-18,23H,5,8-13H2,1-3H3/t16-,17+,18+,19+,20+,21+/m1/s1. The maximum atomic E-state index is 12.2. The Hall–Kier alpha value is -0.890. The van der Waals surface area contributed by atoms with E-state index in [0.717, 1.165) is 31.6 Å². The van der Waals surface area contributed by atoms with E-state index >= 15 is 0 Å². The Balaban J connectivity index is 1.73. The number of rotatable bonds is 1. The van der Waals surface area contributed by atoms with Gasteiger partial charge >= 0.3 is 0 Å². The third-order valence-electron chi connectivity index (χ3n) is 8.39. The summed E-state index contributed by atoms with van der Waals surface area (Å²) in [6.07, 6.45) is 14.6. The number of hydrogen-bond donors (Lipinski definition) is 1. The number of fused-ring (bicyclic) bond motifs is 5. The van der Waals surface area contributed by atoms with Gasteiger partial charge < -0.3 is 5.11 Å². The average Bonchev–Trinajstić information content (AvgIpc) is 2.80. The Morgan fingerprint density at radius 3 is 2.65 bits per heavy atom. The van der Waals surface area contributed by atoms with Crippen molar-refractivity contribution in [1.29, 1.82) is 0 Å². The van der Waals surface area contributed by atoms with E-state index in [4.69, 9.17) is 0 Å². The minimum atomic E-state index is -1.08. The minimum Gasteiger partial charge on any atom is -0.382 e. The predicted octanol–water partition coefficient (Wildman–Crippen LogP) is 4.44. The molecule has 2 nitrogen and oxygen atoms in total. The molecule has 4 aliphatic rings. The smallest absolute Gasteiger partial charge is 0.161 e. The minimum absolute atomic E-state index is 0.0141. The van der Waals surface area contributed by atoms with Gasteiger partial charge in [0, 0.05) is 5.41 Å². The van der Waals surface area contributed by atoms with Crippen molar-refractivity contribution in [1.82, 2.24) is 0 Å². The molecule has 0 aliphatic heterocycles. The van der Waals surface area contributed by atoms with Crippen LogP contribution in [0.5, 0.6) is 0 Å². The Bertz CT molecular complexity index is 603. The fourth-order valence-corrected chi connectivity index (χ4v) is 6.89. The first-order chi connectivity index (χ1) is 10.8. The number of carbonyl (C=O) groups excluding carboxylic acids is 1. The summed E-state index contributed by atoms with van der Waals surface area (Å²) in [6.45, 7) is 6.25. The van der Waals surface area contributed by atoms with Crippen molar-refractivity contribution in [3.8, 4) is 0 Å². The lowest BCUT2D eigenvalue weighted by Gasteiger charge is -2.57. The summed E-state index contributed by atoms with van der Waals surface area (Å²) < 4.78 is 0. The second kappa shape index (κ2) is 4.81. The SMILES string of the molecule is CC(=O)[C@@]1(O)CC[C@H]2[C@@H]3CC=C4C=CCC[C@]4(C)[C@H]3CC[C@@]21C. The quantitative estimate of drug-likeness (QED) is 0.777. The molecule has 126 valence electrons. The second-order valence-corrected chi connectivity index (χ2v) is 9.04. The van der Waals surface area contributed by atoms with Gasteiger partial charge in [0.1, 0.15) is 5.60 Å². The van der Waals surface area contributed by atoms with Crippen LogP contribution in [-0.4, -0.2) is 16.5 Å². The van der Waals surface area contributed by atoms with Gasteiger partial charge in [-0.1, -0.05) is 32.1 Å². The van der Waals surface area contributed by atoms with Crippen LogP contribution in [-0.2, 0) is 4.79 Å². The monoisotopic (exact) mass is 314 g/mol. The number of hydrogen-bond acceptors (Lipinski definition) is 2. The highest BCUT2D eigenvalue weighted by Gasteiger charge is 2.64. The van der Waals surface area contributed by atoms with E-state index in [0.29, 0.717) is 23.7 Å². The second-order valence-electron chi connectivity index (χ2n) is 9.04. The summed E-state index contributed by atoms with van der Waals surface area (Å²) in [7, 11) is 0. The Labute approximate surface area is 140 Å². The van der Waals surface area contributed by atoms with Crippen LogP contribution < -0.4 is 0 Å². The van der Waals surface area contributed by atoms with Crippen molar-refractivity contribution in [3.05, 3.63) is 23.8 Å². The van der Waals surface area contributed by atoms with E-state index in [9.17, 15) is 9.90 Å². The largest absolute Gasteiger partial charge is 0.382 e. The van der Waals surface area contributed by atoms with E-state index < -0.39 is 5.60 Å². The molecule has 2 heteroatoms. The molecule has 0 spiro atoms. The lowest BCUT2D eigenvalue weighted by atomic mass is 9.47. The van der Waals surface area contributed by atoms with Gasteiger partial charge in [0.15, 0.2) is 5.78 Å². The van der Waals surface area contributed by atoms with E-state index in [-0.39, 0.29) is 11.2 Å². The molecular weight excluding hydrogens is 284 g/mol. The molecule has 6 atom stereocenters. The number of Topliss-reactive ketones (excluding diaryl/α,β-unsaturated/α-hetero) is 1. The van der Waals surface area contributed by atoms with Gasteiger partial charge in [-0.25, -0.2) is 0 Å². The molecule has 4 aliphatic carbocycles. The summed E-state index contributed by atoms with van der Waals surface area (Å²) >= 11 is 0. The van der Waals surface area contributed by atoms with Crippen LogP contribution in [0, 0.1) is 28.6 Å². The molecule has 0 amide bonds. The lowest BCUT2D eigenvalue weighted by Crippen LogP contribution is -2.56. The maximum absolute atomic E-state index is 12.2. The molecule has 1 N–H and O–H groups in total. The van der Waals surface area contributed by atoms with Crippen LogP contribution in [0.15, 0.2) is 23.8 Å². The van der Waals surface area contributed by atoms with E-state index in [1.165, 1.54) is 12.8 Å². The predicted molar refractivity (Wildman–Crippen MR) is 91.9 cm³/mol. The van der Waals surface area contributed by atoms with Crippen LogP contribution in [0.2, 0.25) is 0 Å². The molecule has 0 saturated heterocycles. The highest BCUT2D eigenvalue weighted by Crippen LogP contribution is 2.66. The maximum Gasteiger partial charge on any atom is 0.161 e. The van der Waals surface area contributed by atoms with Gasteiger partial charge in [0.05, 0.1) is 0 Å². The summed E-state index contributed by atoms with van der Waals surface area (Å²) in [4.78, 5) is 12.2. The van der Waals surface area contributed by atoms with Crippen LogP contribution in [0.25, 0.3) is 0 Å². The zero-order chi connectivity index (χ0) is 16.5. The molecular formula is C21H30O2. The van der Waals surface area contributed by atoms with Crippen LogP contribution in [0.3, 0.4) is 0 Å². The highest BCUT2D eigenvalue weighted by atomic mass is 16.3. The zero-order valence-electron chi connectivity index (χ0n) is 14.8. The molecule has 0 radical (unpaired) electrons. The van der Waals surface area contributed by atoms with E-state index in [2.05, 4.69) is 32.1 Å². The van der Waals surface area contributed by atoms with Crippen molar-refractivity contribution >= 4 is 5.78 Å². The van der Waals surface area contributed by atoms with Gasteiger partial charge in [-0.15, -0.1) is 0 Å². The summed E-state index contributed by atoms with van der Waals surface area (Å²) in [6, 6.07) is 0. The molecule has 2 saturated carbocycles. The molecule has 4 rings (SSSR count). The Kier molecular flexibility index (Phi) is 3.27. The van der Waals surface area contributed by atoms with Gasteiger partial charge in [-0.3, -0.25) is 4.79 Å². The number of ketones is 1. The Morgan fingerprint density at radius 2 is 1.91 bits per heavy atom. The topological polar surface area (TPSA) is 37.3 Å². The third-order valence-corrected chi connectivity index (χ3v) is 8.39. The van der Waals surface area contributed by atoms with Crippen molar-refractivity contribution in [2.45, 2.75) is 71.3 Å². The van der Waals surface area contributed by atoms with E-state index in [1.807, 2.05) is 0 Å². The van der Waals surface area contributed by atoms with Crippen molar-refractivity contribution in [2.75, 3.05) is 0 Å². The zero-order valence-corrected chi connectivity index (χ0v) is 14.8. The van der Waals surface area contributed by atoms with Crippen LogP contribution in [0.1, 0.15) is 65.7 Å². The van der Waals surface area contributed by atoms with E-state index in [1.54, 1.807) is 12.5 Å². The van der Waals surface area contributed by atoms with Crippen molar-refractivity contribution in [3.63, 3.8) is 0 Å². The Morgan fingerprint density at radius 1 is 1.17 bits per heavy atom. The van der Waals surface area contributed by atoms with Gasteiger partial charge in [-0.05, 0) is 80.6 Å². The van der Waals surface area contributed by atoms with Crippen molar-refractivity contribution in [2.24, 2.45) is 28.6 Å². The first kappa shape index (κ1) is 15.6. The molecule has 0 unspecified atom stereocenters. The third kappa shape index (κ3) is 1.82. The highest BCUT2D eigenvalue weighted by molar-refractivity contribution is 5.86. The molecule has 0 heterocycles. The lowest BCUT2D eigenvalue weighted by molar-refractivity contribution is -0.158. The summed E-state index contributed by atoms with van der Waals surface area (Å²) in [5, 5.41) is 11.1. The van der Waals surface area contributed by atoms with Gasteiger partial charge in [0.25, 0.3) is 0 Å². The fraction of sp³-hybridized carbons (Fsp3) is 0.762. The van der Waals surface area contributed by atoms with Gasteiger partial charge in [-0.2, -0.15) is 0 Å². The van der Waals surface area contributed by atoms with Gasteiger partial charge in [0.2, 0.25) is 0 Å². The normalized spacial score (nSPS) is 51.5. The molecule has 23 heavy (non-hydrogen) atoms. The van der Waals surface area contributed by atoms with Crippen LogP contribution >= 0.6 is 0 Å². The van der Waals surface area contributed by atoms with Crippen molar-refractivity contribution < 1.29 is 9.90 Å². The summed E-state index contributed by atoms with van der Waals surface area (Å²) in [5.41, 5.74) is 0.565. The first-order valence-electron chi connectivity index (χ1n) is 9.43. The number of carbonyl (C=O) groups is 1. The number of aliphatic hydroxyl groups is 1. The molecule has 2 fully saturated rings.